The Labute approximate surface area is 134 Å². The van der Waals surface area contributed by atoms with Gasteiger partial charge in [0.1, 0.15) is 0 Å². The van der Waals surface area contributed by atoms with Crippen molar-refractivity contribution in [1.29, 1.82) is 0 Å². The molecular formula is C11H10Cl3N5O2. The summed E-state index contributed by atoms with van der Waals surface area (Å²) in [6.07, 6.45) is 2.99. The highest BCUT2D eigenvalue weighted by Crippen LogP contribution is 2.36. The first-order valence-corrected chi connectivity index (χ1v) is 6.90. The molecule has 0 amide bonds. The third-order valence-corrected chi connectivity index (χ3v) is 3.01. The van der Waals surface area contributed by atoms with Gasteiger partial charge in [0.2, 0.25) is 15.7 Å². The number of nitrogens with zero attached hydrogens (tertiary/aromatic N) is 3. The molecule has 2 rings (SSSR count). The molecule has 0 bridgehead atoms. The molecule has 0 saturated carbocycles. The lowest BCUT2D eigenvalue weighted by molar-refractivity contribution is 0.299. The number of anilines is 2. The van der Waals surface area contributed by atoms with Gasteiger partial charge in [0.15, 0.2) is 0 Å². The fourth-order valence-electron chi connectivity index (χ4n) is 1.47. The Hall–Kier alpha value is -1.41. The van der Waals surface area contributed by atoms with Crippen LogP contribution in [0.3, 0.4) is 0 Å². The molecule has 2 heterocycles. The molecule has 0 aliphatic carbocycles. The SMILES string of the molecule is O=c1[nH]c(Nc2nccc(C(Cl)(Cl)Cl)n2)ncc1CCO. The molecular weight excluding hydrogens is 341 g/mol. The van der Waals surface area contributed by atoms with Gasteiger partial charge in [-0.25, -0.2) is 15.0 Å². The molecule has 2 aromatic rings. The maximum absolute atomic E-state index is 11.7. The molecule has 0 radical (unpaired) electrons. The molecule has 10 heteroatoms. The minimum atomic E-state index is -1.68. The van der Waals surface area contributed by atoms with Crippen LogP contribution >= 0.6 is 34.8 Å². The monoisotopic (exact) mass is 349 g/mol. The van der Waals surface area contributed by atoms with Crippen LogP contribution in [-0.4, -0.2) is 31.6 Å². The van der Waals surface area contributed by atoms with Crippen molar-refractivity contribution in [1.82, 2.24) is 19.9 Å². The largest absolute Gasteiger partial charge is 0.396 e. The second-order valence-corrected chi connectivity index (χ2v) is 6.23. The highest BCUT2D eigenvalue weighted by molar-refractivity contribution is 6.66. The van der Waals surface area contributed by atoms with Crippen molar-refractivity contribution in [2.45, 2.75) is 10.2 Å². The Morgan fingerprint density at radius 2 is 2.10 bits per heavy atom. The Morgan fingerprint density at radius 1 is 1.33 bits per heavy atom. The summed E-state index contributed by atoms with van der Waals surface area (Å²) in [5.41, 5.74) is 0.197. The zero-order valence-electron chi connectivity index (χ0n) is 10.5. The number of halogens is 3. The molecule has 2 aromatic heterocycles. The topological polar surface area (TPSA) is 104 Å². The molecule has 0 aliphatic rings. The molecule has 0 atom stereocenters. The van der Waals surface area contributed by atoms with Crippen LogP contribution in [0.5, 0.6) is 0 Å². The van der Waals surface area contributed by atoms with Gasteiger partial charge in [0.05, 0.1) is 5.69 Å². The van der Waals surface area contributed by atoms with Gasteiger partial charge in [0, 0.05) is 31.0 Å². The number of hydrogen-bond donors (Lipinski definition) is 3. The number of nitrogens with one attached hydrogen (secondary N) is 2. The van der Waals surface area contributed by atoms with E-state index in [9.17, 15) is 4.79 Å². The number of aliphatic hydroxyl groups excluding tert-OH is 1. The molecule has 0 fully saturated rings. The maximum atomic E-state index is 11.7. The summed E-state index contributed by atoms with van der Waals surface area (Å²) in [4.78, 5) is 26.1. The van der Waals surface area contributed by atoms with Crippen LogP contribution in [0, 0.1) is 0 Å². The van der Waals surface area contributed by atoms with Crippen LogP contribution in [0.25, 0.3) is 0 Å². The van der Waals surface area contributed by atoms with E-state index in [1.807, 2.05) is 0 Å². The third kappa shape index (κ3) is 4.28. The summed E-state index contributed by atoms with van der Waals surface area (Å²) >= 11 is 17.2. The molecule has 7 nitrogen and oxygen atoms in total. The zero-order valence-corrected chi connectivity index (χ0v) is 12.7. The number of alkyl halides is 3. The Bertz CT molecular complexity index is 686. The van der Waals surface area contributed by atoms with Gasteiger partial charge in [-0.05, 0) is 6.07 Å². The van der Waals surface area contributed by atoms with Crippen molar-refractivity contribution in [3.05, 3.63) is 40.1 Å². The minimum absolute atomic E-state index is 0.122. The van der Waals surface area contributed by atoms with Gasteiger partial charge >= 0.3 is 0 Å². The normalized spacial score (nSPS) is 11.4. The average molecular weight is 351 g/mol. The van der Waals surface area contributed by atoms with Gasteiger partial charge < -0.3 is 5.11 Å². The van der Waals surface area contributed by atoms with Crippen molar-refractivity contribution < 1.29 is 5.11 Å². The summed E-state index contributed by atoms with van der Waals surface area (Å²) in [5.74, 6) is 0.264. The maximum Gasteiger partial charge on any atom is 0.255 e. The van der Waals surface area contributed by atoms with E-state index in [1.165, 1.54) is 18.5 Å². The van der Waals surface area contributed by atoms with Gasteiger partial charge in [-0.3, -0.25) is 15.1 Å². The third-order valence-electron chi connectivity index (χ3n) is 2.43. The number of aromatic amines is 1. The molecule has 0 saturated heterocycles. The fraction of sp³-hybridized carbons (Fsp3) is 0.273. The lowest BCUT2D eigenvalue weighted by Gasteiger charge is -2.11. The quantitative estimate of drug-likeness (QED) is 0.725. The number of hydrogen-bond acceptors (Lipinski definition) is 6. The first-order chi connectivity index (χ1) is 9.90. The smallest absolute Gasteiger partial charge is 0.255 e. The summed E-state index contributed by atoms with van der Waals surface area (Å²) in [6.45, 7) is -0.133. The highest BCUT2D eigenvalue weighted by Gasteiger charge is 2.25. The Morgan fingerprint density at radius 3 is 2.71 bits per heavy atom. The van der Waals surface area contributed by atoms with Crippen LogP contribution in [-0.2, 0) is 10.2 Å². The second-order valence-electron chi connectivity index (χ2n) is 3.95. The van der Waals surface area contributed by atoms with Crippen LogP contribution < -0.4 is 10.9 Å². The predicted molar refractivity (Wildman–Crippen MR) is 80.2 cm³/mol. The van der Waals surface area contributed by atoms with E-state index in [4.69, 9.17) is 39.9 Å². The second kappa shape index (κ2) is 6.57. The Kier molecular flexibility index (Phi) is 5.00. The highest BCUT2D eigenvalue weighted by atomic mass is 35.6. The van der Waals surface area contributed by atoms with E-state index >= 15 is 0 Å². The minimum Gasteiger partial charge on any atom is -0.396 e. The summed E-state index contributed by atoms with van der Waals surface area (Å²) in [5, 5.41) is 11.5. The molecule has 0 aromatic carbocycles. The van der Waals surface area contributed by atoms with Crippen molar-refractivity contribution in [3.8, 4) is 0 Å². The summed E-state index contributed by atoms with van der Waals surface area (Å²) in [6, 6.07) is 1.46. The van der Waals surface area contributed by atoms with Crippen molar-refractivity contribution >= 4 is 46.7 Å². The molecule has 0 unspecified atom stereocenters. The molecule has 112 valence electrons. The summed E-state index contributed by atoms with van der Waals surface area (Å²) in [7, 11) is 0. The standard InChI is InChI=1S/C11H10Cl3N5O2/c12-11(13,14)7-1-3-15-9(17-7)19-10-16-5-6(2-4-20)8(21)18-10/h1,3,5,20H,2,4H2,(H2,15,16,17,18,19,21). The molecule has 3 N–H and O–H groups in total. The van der Waals surface area contributed by atoms with E-state index < -0.39 is 3.79 Å². The van der Waals surface area contributed by atoms with Crippen molar-refractivity contribution in [2.75, 3.05) is 11.9 Å². The lowest BCUT2D eigenvalue weighted by atomic mass is 10.2. The molecule has 0 aliphatic heterocycles. The van der Waals surface area contributed by atoms with Crippen molar-refractivity contribution in [2.24, 2.45) is 0 Å². The fourth-order valence-corrected chi connectivity index (χ4v) is 1.78. The van der Waals surface area contributed by atoms with Gasteiger partial charge in [-0.1, -0.05) is 34.8 Å². The first kappa shape index (κ1) is 16.0. The molecule has 21 heavy (non-hydrogen) atoms. The Balaban J connectivity index is 2.23. The number of aromatic nitrogens is 4. The van der Waals surface area contributed by atoms with Crippen LogP contribution in [0.2, 0.25) is 0 Å². The van der Waals surface area contributed by atoms with E-state index in [1.54, 1.807) is 0 Å². The van der Waals surface area contributed by atoms with Crippen molar-refractivity contribution in [3.63, 3.8) is 0 Å². The number of rotatable bonds is 4. The average Bonchev–Trinajstić information content (AvgIpc) is 2.41. The number of aliphatic hydroxyl groups is 1. The van der Waals surface area contributed by atoms with Crippen LogP contribution in [0.15, 0.2) is 23.3 Å². The number of H-pyrrole nitrogens is 1. The van der Waals surface area contributed by atoms with E-state index in [0.717, 1.165) is 0 Å². The predicted octanol–water partition coefficient (Wildman–Crippen LogP) is 1.66. The lowest BCUT2D eigenvalue weighted by Crippen LogP contribution is -2.17. The van der Waals surface area contributed by atoms with Gasteiger partial charge in [-0.15, -0.1) is 0 Å². The molecule has 0 spiro atoms. The first-order valence-electron chi connectivity index (χ1n) is 5.76. The van der Waals surface area contributed by atoms with Gasteiger partial charge in [0.25, 0.3) is 5.56 Å². The van der Waals surface area contributed by atoms with E-state index in [-0.39, 0.29) is 36.2 Å². The summed E-state index contributed by atoms with van der Waals surface area (Å²) < 4.78 is -1.68. The zero-order chi connectivity index (χ0) is 15.5. The van der Waals surface area contributed by atoms with E-state index in [2.05, 4.69) is 25.3 Å². The van der Waals surface area contributed by atoms with E-state index in [0.29, 0.717) is 5.56 Å². The van der Waals surface area contributed by atoms with Crippen LogP contribution in [0.4, 0.5) is 11.9 Å². The van der Waals surface area contributed by atoms with Crippen LogP contribution in [0.1, 0.15) is 11.3 Å². The van der Waals surface area contributed by atoms with Gasteiger partial charge in [-0.2, -0.15) is 0 Å².